The van der Waals surface area contributed by atoms with Crippen molar-refractivity contribution in [3.63, 3.8) is 0 Å². The monoisotopic (exact) mass is 499 g/mol. The minimum Gasteiger partial charge on any atom is -0.493 e. The van der Waals surface area contributed by atoms with E-state index in [2.05, 4.69) is 16.0 Å². The molecule has 0 radical (unpaired) electrons. The summed E-state index contributed by atoms with van der Waals surface area (Å²) >= 11 is 0. The number of aliphatic hydroxyl groups is 1. The highest BCUT2D eigenvalue weighted by molar-refractivity contribution is 5.69. The van der Waals surface area contributed by atoms with Crippen molar-refractivity contribution >= 4 is 11.6 Å². The van der Waals surface area contributed by atoms with Crippen molar-refractivity contribution in [2.75, 3.05) is 6.61 Å². The van der Waals surface area contributed by atoms with Crippen molar-refractivity contribution in [1.29, 1.82) is 0 Å². The van der Waals surface area contributed by atoms with Crippen LogP contribution in [0.25, 0.3) is 17.0 Å². The molecule has 2 aromatic heterocycles. The molecule has 0 aliphatic heterocycles. The van der Waals surface area contributed by atoms with Gasteiger partial charge in [-0.15, -0.1) is 11.5 Å². The number of terminal acetylenes is 1. The summed E-state index contributed by atoms with van der Waals surface area (Å²) in [6, 6.07) is 18.5. The van der Waals surface area contributed by atoms with Crippen LogP contribution in [0.5, 0.6) is 11.5 Å². The largest absolute Gasteiger partial charge is 0.493 e. The van der Waals surface area contributed by atoms with Gasteiger partial charge in [-0.3, -0.25) is 4.79 Å². The summed E-state index contributed by atoms with van der Waals surface area (Å²) in [5.74, 6) is 3.09. The minimum atomic E-state index is -0.931. The quantitative estimate of drug-likeness (QED) is 0.288. The van der Waals surface area contributed by atoms with Gasteiger partial charge >= 0.3 is 5.97 Å². The number of carbonyl (C=O) groups is 1. The van der Waals surface area contributed by atoms with Gasteiger partial charge in [0.05, 0.1) is 24.5 Å². The third-order valence-corrected chi connectivity index (χ3v) is 5.76. The Morgan fingerprint density at radius 2 is 1.73 bits per heavy atom. The number of carboxylic acid groups (broad SMARTS) is 1. The van der Waals surface area contributed by atoms with E-state index in [1.165, 1.54) is 0 Å². The van der Waals surface area contributed by atoms with Crippen LogP contribution in [-0.2, 0) is 11.4 Å². The first-order valence-electron chi connectivity index (χ1n) is 11.9. The molecule has 37 heavy (non-hydrogen) atoms. The molecule has 0 saturated heterocycles. The van der Waals surface area contributed by atoms with Gasteiger partial charge in [-0.1, -0.05) is 24.1 Å². The number of pyridine rings is 1. The Balaban J connectivity index is 1.38. The summed E-state index contributed by atoms with van der Waals surface area (Å²) in [6.07, 6.45) is 7.77. The lowest BCUT2D eigenvalue weighted by Crippen LogP contribution is -2.21. The molecular formula is C29H29N3O5. The second kappa shape index (κ2) is 11.1. The zero-order valence-corrected chi connectivity index (χ0v) is 20.8. The predicted molar refractivity (Wildman–Crippen MR) is 139 cm³/mol. The van der Waals surface area contributed by atoms with E-state index in [1.807, 2.05) is 42.6 Å². The number of benzene rings is 2. The number of ether oxygens (including phenoxy) is 2. The van der Waals surface area contributed by atoms with Crippen LogP contribution in [0.3, 0.4) is 0 Å². The van der Waals surface area contributed by atoms with Crippen LogP contribution in [0.2, 0.25) is 0 Å². The van der Waals surface area contributed by atoms with Gasteiger partial charge in [-0.25, -0.2) is 9.50 Å². The number of carboxylic acids is 1. The fraction of sp³-hybridized carbons (Fsp3) is 0.276. The topological polar surface area (TPSA) is 106 Å². The Morgan fingerprint density at radius 1 is 1.05 bits per heavy atom. The molecule has 8 heteroatoms. The van der Waals surface area contributed by atoms with E-state index in [1.54, 1.807) is 42.6 Å². The normalized spacial score (nSPS) is 12.2. The SMILES string of the molecule is C#CC(CC(=O)O)c1ccc(OCc2ccc3nc(-c4ccc(OCCC(C)(C)O)cc4)nn3c2)cc1. The lowest BCUT2D eigenvalue weighted by Gasteiger charge is -2.17. The molecule has 0 fully saturated rings. The molecule has 0 saturated carbocycles. The summed E-state index contributed by atoms with van der Waals surface area (Å²) < 4.78 is 13.3. The molecule has 8 nitrogen and oxygen atoms in total. The maximum Gasteiger partial charge on any atom is 0.304 e. The van der Waals surface area contributed by atoms with E-state index in [4.69, 9.17) is 21.0 Å². The molecule has 0 aliphatic rings. The average Bonchev–Trinajstić information content (AvgIpc) is 3.29. The third kappa shape index (κ3) is 7.09. The summed E-state index contributed by atoms with van der Waals surface area (Å²) in [7, 11) is 0. The zero-order chi connectivity index (χ0) is 26.4. The van der Waals surface area contributed by atoms with E-state index in [9.17, 15) is 9.90 Å². The van der Waals surface area contributed by atoms with Gasteiger partial charge < -0.3 is 19.7 Å². The molecule has 4 rings (SSSR count). The average molecular weight is 500 g/mol. The van der Waals surface area contributed by atoms with E-state index in [0.717, 1.165) is 22.4 Å². The Morgan fingerprint density at radius 3 is 2.38 bits per heavy atom. The van der Waals surface area contributed by atoms with Crippen LogP contribution in [0, 0.1) is 12.3 Å². The molecule has 0 bridgehead atoms. The number of rotatable bonds is 11. The third-order valence-electron chi connectivity index (χ3n) is 5.76. The van der Waals surface area contributed by atoms with Crippen molar-refractivity contribution < 1.29 is 24.5 Å². The fourth-order valence-electron chi connectivity index (χ4n) is 3.66. The standard InChI is InChI=1S/C29H29N3O5/c1-4-21(17-27(33)34)22-6-10-25(11-7-22)37-19-20-5-14-26-30-28(31-32(26)18-20)23-8-12-24(13-9-23)36-16-15-29(2,3)35/h1,5-14,18,21,35H,15-17,19H2,2-3H3,(H,33,34). The Bertz CT molecular complexity index is 1400. The van der Waals surface area contributed by atoms with Crippen molar-refractivity contribution in [3.8, 4) is 35.2 Å². The molecule has 2 N–H and O–H groups in total. The van der Waals surface area contributed by atoms with E-state index >= 15 is 0 Å². The second-order valence-corrected chi connectivity index (χ2v) is 9.39. The first kappa shape index (κ1) is 25.7. The van der Waals surface area contributed by atoms with Gasteiger partial charge in [0, 0.05) is 23.7 Å². The Kier molecular flexibility index (Phi) is 7.75. The van der Waals surface area contributed by atoms with Gasteiger partial charge in [0.2, 0.25) is 0 Å². The number of nitrogens with zero attached hydrogens (tertiary/aromatic N) is 3. The fourth-order valence-corrected chi connectivity index (χ4v) is 3.66. The lowest BCUT2D eigenvalue weighted by atomic mass is 9.97. The number of aromatic nitrogens is 3. The van der Waals surface area contributed by atoms with Crippen molar-refractivity contribution in [2.24, 2.45) is 0 Å². The Hall–Kier alpha value is -4.35. The molecule has 190 valence electrons. The highest BCUT2D eigenvalue weighted by Crippen LogP contribution is 2.24. The summed E-state index contributed by atoms with van der Waals surface area (Å²) in [6.45, 7) is 4.27. The first-order chi connectivity index (χ1) is 17.7. The van der Waals surface area contributed by atoms with Crippen LogP contribution in [-0.4, -0.2) is 43.0 Å². The summed E-state index contributed by atoms with van der Waals surface area (Å²) in [5, 5.41) is 23.4. The second-order valence-electron chi connectivity index (χ2n) is 9.39. The zero-order valence-electron chi connectivity index (χ0n) is 20.8. The van der Waals surface area contributed by atoms with E-state index < -0.39 is 17.5 Å². The van der Waals surface area contributed by atoms with Crippen LogP contribution in [0.4, 0.5) is 0 Å². The van der Waals surface area contributed by atoms with E-state index in [0.29, 0.717) is 36.9 Å². The van der Waals surface area contributed by atoms with Crippen molar-refractivity contribution in [3.05, 3.63) is 78.0 Å². The number of aliphatic carboxylic acids is 1. The Labute approximate surface area is 215 Å². The number of fused-ring (bicyclic) bond motifs is 1. The lowest BCUT2D eigenvalue weighted by molar-refractivity contribution is -0.137. The van der Waals surface area contributed by atoms with Gasteiger partial charge in [-0.05, 0) is 61.9 Å². The van der Waals surface area contributed by atoms with Crippen molar-refractivity contribution in [2.45, 2.75) is 44.8 Å². The van der Waals surface area contributed by atoms with Crippen LogP contribution < -0.4 is 9.47 Å². The molecule has 4 aromatic rings. The maximum atomic E-state index is 11.0. The smallest absolute Gasteiger partial charge is 0.304 e. The van der Waals surface area contributed by atoms with Crippen LogP contribution in [0.15, 0.2) is 66.9 Å². The molecule has 2 heterocycles. The van der Waals surface area contributed by atoms with Gasteiger partial charge in [0.25, 0.3) is 0 Å². The molecule has 1 unspecified atom stereocenters. The maximum absolute atomic E-state index is 11.0. The number of hydrogen-bond donors (Lipinski definition) is 2. The molecule has 0 spiro atoms. The highest BCUT2D eigenvalue weighted by Gasteiger charge is 2.14. The summed E-state index contributed by atoms with van der Waals surface area (Å²) in [4.78, 5) is 15.6. The van der Waals surface area contributed by atoms with Crippen molar-refractivity contribution in [1.82, 2.24) is 14.6 Å². The van der Waals surface area contributed by atoms with Gasteiger partial charge in [0.15, 0.2) is 11.5 Å². The summed E-state index contributed by atoms with van der Waals surface area (Å²) in [5.41, 5.74) is 2.50. The van der Waals surface area contributed by atoms with Crippen LogP contribution in [0.1, 0.15) is 43.7 Å². The predicted octanol–water partition coefficient (Wildman–Crippen LogP) is 4.71. The molecule has 2 aromatic carbocycles. The molecule has 1 atom stereocenters. The highest BCUT2D eigenvalue weighted by atomic mass is 16.5. The minimum absolute atomic E-state index is 0.113. The number of hydrogen-bond acceptors (Lipinski definition) is 6. The molecule has 0 aliphatic carbocycles. The van der Waals surface area contributed by atoms with Gasteiger partial charge in [0.1, 0.15) is 18.1 Å². The molecule has 0 amide bonds. The first-order valence-corrected chi connectivity index (χ1v) is 11.9. The van der Waals surface area contributed by atoms with Gasteiger partial charge in [-0.2, -0.15) is 0 Å². The van der Waals surface area contributed by atoms with E-state index in [-0.39, 0.29) is 6.42 Å². The van der Waals surface area contributed by atoms with Crippen LogP contribution >= 0.6 is 0 Å². The molecular weight excluding hydrogens is 470 g/mol.